The smallest absolute Gasteiger partial charge is 0.314 e. The summed E-state index contributed by atoms with van der Waals surface area (Å²) in [5.74, 6) is -1.35. The van der Waals surface area contributed by atoms with E-state index in [1.165, 1.54) is 0 Å². The van der Waals surface area contributed by atoms with Gasteiger partial charge in [-0.05, 0) is 12.3 Å². The Labute approximate surface area is 119 Å². The molecule has 4 N–H and O–H groups in total. The van der Waals surface area contributed by atoms with Crippen LogP contribution in [0.2, 0.25) is 0 Å². The van der Waals surface area contributed by atoms with Crippen LogP contribution in [0.25, 0.3) is 0 Å². The first kappa shape index (κ1) is 18.7. The molecule has 20 heavy (non-hydrogen) atoms. The van der Waals surface area contributed by atoms with Crippen LogP contribution in [-0.2, 0) is 14.8 Å². The molecule has 0 saturated carbocycles. The van der Waals surface area contributed by atoms with Crippen molar-refractivity contribution in [2.75, 3.05) is 25.9 Å². The molecule has 0 aromatic carbocycles. The molecule has 0 aromatic heterocycles. The lowest BCUT2D eigenvalue weighted by atomic mass is 9.97. The molecular formula is C11H23N3O5S. The van der Waals surface area contributed by atoms with Gasteiger partial charge in [0.05, 0.1) is 12.2 Å². The first-order valence-corrected chi connectivity index (χ1v) is 8.20. The second kappa shape index (κ2) is 8.75. The quantitative estimate of drug-likeness (QED) is 0.431. The van der Waals surface area contributed by atoms with Gasteiger partial charge in [-0.15, -0.1) is 0 Å². The third-order valence-electron chi connectivity index (χ3n) is 2.39. The van der Waals surface area contributed by atoms with Crippen molar-refractivity contribution in [3.8, 4) is 0 Å². The Balaban J connectivity index is 3.93. The van der Waals surface area contributed by atoms with Crippen LogP contribution in [0.3, 0.4) is 0 Å². The molecule has 9 heteroatoms. The van der Waals surface area contributed by atoms with E-state index in [2.05, 4.69) is 15.4 Å². The molecule has 0 fully saturated rings. The van der Waals surface area contributed by atoms with Crippen molar-refractivity contribution in [3.63, 3.8) is 0 Å². The lowest BCUT2D eigenvalue weighted by Gasteiger charge is -2.15. The minimum Gasteiger partial charge on any atom is -0.481 e. The van der Waals surface area contributed by atoms with E-state index >= 15 is 0 Å². The second-order valence-electron chi connectivity index (χ2n) is 4.97. The van der Waals surface area contributed by atoms with Gasteiger partial charge in [0.25, 0.3) is 0 Å². The fourth-order valence-electron chi connectivity index (χ4n) is 1.53. The van der Waals surface area contributed by atoms with E-state index in [-0.39, 0.29) is 25.6 Å². The van der Waals surface area contributed by atoms with Gasteiger partial charge in [-0.25, -0.2) is 17.9 Å². The number of carbonyl (C=O) groups is 2. The fraction of sp³-hybridized carbons (Fsp3) is 0.818. The van der Waals surface area contributed by atoms with Crippen LogP contribution in [0.4, 0.5) is 4.79 Å². The van der Waals surface area contributed by atoms with Crippen molar-refractivity contribution in [3.05, 3.63) is 0 Å². The highest BCUT2D eigenvalue weighted by atomic mass is 32.2. The number of carboxylic acids is 1. The van der Waals surface area contributed by atoms with Gasteiger partial charge in [0.2, 0.25) is 10.0 Å². The Kier molecular flexibility index (Phi) is 8.16. The number of carboxylic acid groups (broad SMARTS) is 1. The summed E-state index contributed by atoms with van der Waals surface area (Å²) in [6, 6.07) is -0.518. The number of rotatable bonds is 9. The van der Waals surface area contributed by atoms with Crippen LogP contribution in [0.15, 0.2) is 0 Å². The number of amides is 2. The monoisotopic (exact) mass is 309 g/mol. The summed E-state index contributed by atoms with van der Waals surface area (Å²) in [5.41, 5.74) is 0. The lowest BCUT2D eigenvalue weighted by molar-refractivity contribution is -0.142. The van der Waals surface area contributed by atoms with Gasteiger partial charge in [-0.2, -0.15) is 0 Å². The van der Waals surface area contributed by atoms with Crippen LogP contribution < -0.4 is 15.4 Å². The Morgan fingerprint density at radius 2 is 1.75 bits per heavy atom. The summed E-state index contributed by atoms with van der Waals surface area (Å²) in [7, 11) is -3.27. The van der Waals surface area contributed by atoms with E-state index in [9.17, 15) is 18.0 Å². The van der Waals surface area contributed by atoms with E-state index in [1.807, 2.05) is 13.8 Å². The van der Waals surface area contributed by atoms with Crippen LogP contribution in [0, 0.1) is 11.8 Å². The van der Waals surface area contributed by atoms with E-state index < -0.39 is 27.9 Å². The van der Waals surface area contributed by atoms with Gasteiger partial charge in [0.1, 0.15) is 0 Å². The van der Waals surface area contributed by atoms with Crippen LogP contribution in [0.1, 0.15) is 20.3 Å². The number of carbonyl (C=O) groups excluding carboxylic acids is 1. The molecule has 0 radical (unpaired) electrons. The fourth-order valence-corrected chi connectivity index (χ4v) is 2.00. The molecule has 0 spiro atoms. The molecule has 0 rings (SSSR count). The minimum absolute atomic E-state index is 0.0405. The molecular weight excluding hydrogens is 286 g/mol. The first-order chi connectivity index (χ1) is 9.11. The number of hydrogen-bond donors (Lipinski definition) is 4. The number of aliphatic carboxylic acids is 1. The molecule has 0 saturated heterocycles. The van der Waals surface area contributed by atoms with Crippen LogP contribution in [-0.4, -0.2) is 51.4 Å². The van der Waals surface area contributed by atoms with Gasteiger partial charge in [-0.1, -0.05) is 13.8 Å². The molecule has 0 aliphatic rings. The SMILES string of the molecule is CC(C)CC(CNC(=O)NCCNS(C)(=O)=O)C(=O)O. The maximum atomic E-state index is 11.4. The van der Waals surface area contributed by atoms with Crippen molar-refractivity contribution < 1.29 is 23.1 Å². The molecule has 1 unspecified atom stereocenters. The molecule has 118 valence electrons. The molecule has 0 aliphatic carbocycles. The van der Waals surface area contributed by atoms with Crippen molar-refractivity contribution in [2.45, 2.75) is 20.3 Å². The molecule has 0 aliphatic heterocycles. The minimum atomic E-state index is -3.27. The zero-order valence-corrected chi connectivity index (χ0v) is 12.8. The average Bonchev–Trinajstić information content (AvgIpc) is 2.28. The van der Waals surface area contributed by atoms with E-state index in [1.54, 1.807) is 0 Å². The second-order valence-corrected chi connectivity index (χ2v) is 6.80. The maximum Gasteiger partial charge on any atom is 0.314 e. The number of urea groups is 1. The van der Waals surface area contributed by atoms with Gasteiger partial charge >= 0.3 is 12.0 Å². The normalized spacial score (nSPS) is 13.0. The Morgan fingerprint density at radius 3 is 2.20 bits per heavy atom. The summed E-state index contributed by atoms with van der Waals surface area (Å²) in [4.78, 5) is 22.4. The topological polar surface area (TPSA) is 125 Å². The zero-order valence-electron chi connectivity index (χ0n) is 12.0. The van der Waals surface area contributed by atoms with E-state index in [0.717, 1.165) is 6.26 Å². The third kappa shape index (κ3) is 10.6. The predicted octanol–water partition coefficient (Wildman–Crippen LogP) is -0.418. The highest BCUT2D eigenvalue weighted by molar-refractivity contribution is 7.88. The van der Waals surface area contributed by atoms with Crippen molar-refractivity contribution in [2.24, 2.45) is 11.8 Å². The summed E-state index contributed by atoms with van der Waals surface area (Å²) >= 11 is 0. The van der Waals surface area contributed by atoms with Crippen LogP contribution in [0.5, 0.6) is 0 Å². The lowest BCUT2D eigenvalue weighted by Crippen LogP contribution is -2.42. The average molecular weight is 309 g/mol. The number of sulfonamides is 1. The maximum absolute atomic E-state index is 11.4. The van der Waals surface area contributed by atoms with Gasteiger partial charge in [0, 0.05) is 19.6 Å². The van der Waals surface area contributed by atoms with Crippen molar-refractivity contribution in [1.82, 2.24) is 15.4 Å². The van der Waals surface area contributed by atoms with E-state index in [0.29, 0.717) is 6.42 Å². The molecule has 0 bridgehead atoms. The molecule has 1 atom stereocenters. The predicted molar refractivity (Wildman–Crippen MR) is 74.8 cm³/mol. The molecule has 8 nitrogen and oxygen atoms in total. The van der Waals surface area contributed by atoms with Crippen molar-refractivity contribution >= 4 is 22.0 Å². The first-order valence-electron chi connectivity index (χ1n) is 6.31. The third-order valence-corrected chi connectivity index (χ3v) is 3.12. The number of nitrogens with one attached hydrogen (secondary N) is 3. The van der Waals surface area contributed by atoms with Crippen LogP contribution >= 0.6 is 0 Å². The summed E-state index contributed by atoms with van der Waals surface area (Å²) in [5, 5.41) is 13.9. The highest BCUT2D eigenvalue weighted by Crippen LogP contribution is 2.10. The largest absolute Gasteiger partial charge is 0.481 e. The molecule has 0 aromatic rings. The summed E-state index contributed by atoms with van der Waals surface area (Å²) in [6.45, 7) is 4.07. The summed E-state index contributed by atoms with van der Waals surface area (Å²) in [6.07, 6.45) is 1.50. The van der Waals surface area contributed by atoms with Gasteiger partial charge in [0.15, 0.2) is 0 Å². The van der Waals surface area contributed by atoms with Gasteiger partial charge < -0.3 is 15.7 Å². The molecule has 0 heterocycles. The standard InChI is InChI=1S/C11H23N3O5S/c1-8(2)6-9(10(15)16)7-13-11(17)12-4-5-14-20(3,18)19/h8-9,14H,4-7H2,1-3H3,(H,15,16)(H2,12,13,17). The number of hydrogen-bond acceptors (Lipinski definition) is 4. The Hall–Kier alpha value is -1.35. The molecule has 2 amide bonds. The Bertz CT molecular complexity index is 422. The summed E-state index contributed by atoms with van der Waals surface area (Å²) < 4.78 is 23.7. The van der Waals surface area contributed by atoms with Crippen molar-refractivity contribution in [1.29, 1.82) is 0 Å². The highest BCUT2D eigenvalue weighted by Gasteiger charge is 2.19. The van der Waals surface area contributed by atoms with Gasteiger partial charge in [-0.3, -0.25) is 4.79 Å². The van der Waals surface area contributed by atoms with E-state index in [4.69, 9.17) is 5.11 Å². The zero-order chi connectivity index (χ0) is 15.8. The Morgan fingerprint density at radius 1 is 1.15 bits per heavy atom.